The Morgan fingerprint density at radius 3 is 2.71 bits per heavy atom. The number of thiazole rings is 1. The minimum absolute atomic E-state index is 0.00204. The highest BCUT2D eigenvalue weighted by molar-refractivity contribution is 7.98. The second-order valence-electron chi connectivity index (χ2n) is 5.63. The van der Waals surface area contributed by atoms with Gasteiger partial charge in [0.1, 0.15) is 5.82 Å². The molecule has 0 fully saturated rings. The van der Waals surface area contributed by atoms with Crippen LogP contribution in [-0.4, -0.2) is 16.1 Å². The fraction of sp³-hybridized carbons (Fsp3) is 0.333. The molecule has 1 aromatic heterocycles. The molecule has 0 aliphatic carbocycles. The molecule has 0 saturated carbocycles. The topological polar surface area (TPSA) is 50.2 Å². The lowest BCUT2D eigenvalue weighted by atomic mass is 9.98. The summed E-state index contributed by atoms with van der Waals surface area (Å²) in [6, 6.07) is 3.81. The third-order valence-corrected chi connectivity index (χ3v) is 5.13. The third-order valence-electron chi connectivity index (χ3n) is 2.75. The Balaban J connectivity index is 2.11. The first-order valence-corrected chi connectivity index (χ1v) is 8.24. The number of aromatic carboxylic acids is 1. The van der Waals surface area contributed by atoms with Gasteiger partial charge in [0.2, 0.25) is 0 Å². The van der Waals surface area contributed by atoms with Crippen molar-refractivity contribution >= 4 is 29.1 Å². The van der Waals surface area contributed by atoms with Crippen molar-refractivity contribution < 1.29 is 14.3 Å². The molecule has 2 rings (SSSR count). The number of benzene rings is 1. The van der Waals surface area contributed by atoms with Crippen molar-refractivity contribution in [3.8, 4) is 0 Å². The molecule has 0 radical (unpaired) electrons. The van der Waals surface area contributed by atoms with Gasteiger partial charge in [-0.1, -0.05) is 20.8 Å². The summed E-state index contributed by atoms with van der Waals surface area (Å²) >= 11 is 2.85. The number of thioether (sulfide) groups is 1. The zero-order chi connectivity index (χ0) is 15.6. The van der Waals surface area contributed by atoms with Crippen LogP contribution in [0.3, 0.4) is 0 Å². The first kappa shape index (κ1) is 16.0. The average molecular weight is 325 g/mol. The van der Waals surface area contributed by atoms with Crippen LogP contribution in [0.25, 0.3) is 0 Å². The van der Waals surface area contributed by atoms with Crippen LogP contribution in [-0.2, 0) is 11.2 Å². The molecule has 1 N–H and O–H groups in total. The zero-order valence-electron chi connectivity index (χ0n) is 12.0. The summed E-state index contributed by atoms with van der Waals surface area (Å²) in [5.41, 5.74) is 0.977. The Kier molecular flexibility index (Phi) is 4.68. The maximum absolute atomic E-state index is 13.7. The molecule has 0 spiro atoms. The molecule has 0 saturated heterocycles. The van der Waals surface area contributed by atoms with E-state index in [4.69, 9.17) is 5.11 Å². The van der Waals surface area contributed by atoms with E-state index >= 15 is 0 Å². The lowest BCUT2D eigenvalue weighted by Crippen LogP contribution is -2.10. The summed E-state index contributed by atoms with van der Waals surface area (Å²) in [7, 11) is 0. The Bertz CT molecular complexity index is 662. The van der Waals surface area contributed by atoms with Crippen molar-refractivity contribution in [3.63, 3.8) is 0 Å². The number of nitrogens with zero attached hydrogens (tertiary/aromatic N) is 1. The molecular formula is C15H16FNO2S2. The highest BCUT2D eigenvalue weighted by Gasteiger charge is 2.18. The predicted molar refractivity (Wildman–Crippen MR) is 83.7 cm³/mol. The van der Waals surface area contributed by atoms with Crippen LogP contribution >= 0.6 is 23.1 Å². The third kappa shape index (κ3) is 4.04. The summed E-state index contributed by atoms with van der Waals surface area (Å²) in [5, 5.41) is 11.9. The molecule has 2 aromatic rings. The van der Waals surface area contributed by atoms with E-state index < -0.39 is 11.8 Å². The molecule has 0 aliphatic heterocycles. The van der Waals surface area contributed by atoms with Crippen molar-refractivity contribution in [2.24, 2.45) is 0 Å². The molecule has 3 nitrogen and oxygen atoms in total. The van der Waals surface area contributed by atoms with E-state index in [2.05, 4.69) is 25.8 Å². The van der Waals surface area contributed by atoms with Gasteiger partial charge in [0.15, 0.2) is 0 Å². The Morgan fingerprint density at radius 2 is 2.14 bits per heavy atom. The van der Waals surface area contributed by atoms with Crippen LogP contribution in [0.2, 0.25) is 0 Å². The van der Waals surface area contributed by atoms with E-state index in [0.717, 1.165) is 10.7 Å². The number of carboxylic acid groups (broad SMARTS) is 1. The van der Waals surface area contributed by atoms with Gasteiger partial charge in [0.25, 0.3) is 0 Å². The molecule has 0 unspecified atom stereocenters. The molecule has 0 aliphatic rings. The summed E-state index contributed by atoms with van der Waals surface area (Å²) in [4.78, 5) is 15.8. The molecule has 21 heavy (non-hydrogen) atoms. The predicted octanol–water partition coefficient (Wildman–Crippen LogP) is 4.57. The van der Waals surface area contributed by atoms with Gasteiger partial charge in [-0.15, -0.1) is 23.1 Å². The summed E-state index contributed by atoms with van der Waals surface area (Å²) in [6.45, 7) is 6.29. The number of halogens is 1. The minimum atomic E-state index is -1.06. The van der Waals surface area contributed by atoms with Gasteiger partial charge in [-0.25, -0.2) is 14.2 Å². The van der Waals surface area contributed by atoms with Gasteiger partial charge in [0.05, 0.1) is 16.3 Å². The maximum Gasteiger partial charge on any atom is 0.335 e. The maximum atomic E-state index is 13.7. The van der Waals surface area contributed by atoms with Gasteiger partial charge in [-0.3, -0.25) is 0 Å². The number of carbonyl (C=O) groups is 1. The van der Waals surface area contributed by atoms with Crippen molar-refractivity contribution in [3.05, 3.63) is 45.7 Å². The number of carboxylic acids is 1. The molecule has 6 heteroatoms. The Morgan fingerprint density at radius 1 is 1.43 bits per heavy atom. The Hall–Kier alpha value is -1.40. The van der Waals surface area contributed by atoms with Crippen molar-refractivity contribution in [2.45, 2.75) is 36.8 Å². The molecular weight excluding hydrogens is 309 g/mol. The van der Waals surface area contributed by atoms with Crippen LogP contribution in [0.1, 0.15) is 41.8 Å². The zero-order valence-corrected chi connectivity index (χ0v) is 13.6. The van der Waals surface area contributed by atoms with Gasteiger partial charge < -0.3 is 5.11 Å². The molecule has 1 aromatic carbocycles. The first-order valence-electron chi connectivity index (χ1n) is 6.38. The largest absolute Gasteiger partial charge is 0.478 e. The lowest BCUT2D eigenvalue weighted by molar-refractivity contribution is 0.0696. The van der Waals surface area contributed by atoms with Crippen LogP contribution < -0.4 is 0 Å². The van der Waals surface area contributed by atoms with Gasteiger partial charge in [-0.05, 0) is 18.2 Å². The molecule has 112 valence electrons. The van der Waals surface area contributed by atoms with Crippen molar-refractivity contribution in [1.82, 2.24) is 4.98 Å². The lowest BCUT2D eigenvalue weighted by Gasteiger charge is -2.13. The monoisotopic (exact) mass is 325 g/mol. The van der Waals surface area contributed by atoms with Crippen LogP contribution in [0, 0.1) is 5.82 Å². The van der Waals surface area contributed by atoms with E-state index in [1.54, 1.807) is 11.3 Å². The van der Waals surface area contributed by atoms with E-state index in [1.807, 2.05) is 5.38 Å². The quantitative estimate of drug-likeness (QED) is 0.837. The Labute approximate surface area is 131 Å². The SMILES string of the molecule is CC(C)(C)c1nc(CSc2cc(C(=O)O)ccc2F)cs1. The van der Waals surface area contributed by atoms with E-state index in [0.29, 0.717) is 10.6 Å². The molecule has 0 bridgehead atoms. The highest BCUT2D eigenvalue weighted by atomic mass is 32.2. The molecule has 0 amide bonds. The average Bonchev–Trinajstić information content (AvgIpc) is 2.86. The summed E-state index contributed by atoms with van der Waals surface area (Å²) < 4.78 is 13.7. The second-order valence-corrected chi connectivity index (χ2v) is 7.51. The van der Waals surface area contributed by atoms with Crippen LogP contribution in [0.4, 0.5) is 4.39 Å². The minimum Gasteiger partial charge on any atom is -0.478 e. The first-order chi connectivity index (χ1) is 9.77. The van der Waals surface area contributed by atoms with Gasteiger partial charge in [0, 0.05) is 21.4 Å². The number of hydrogen-bond acceptors (Lipinski definition) is 4. The number of hydrogen-bond donors (Lipinski definition) is 1. The fourth-order valence-electron chi connectivity index (χ4n) is 1.62. The van der Waals surface area contributed by atoms with E-state index in [1.165, 1.54) is 30.0 Å². The number of aromatic nitrogens is 1. The molecule has 1 heterocycles. The molecule has 0 atom stereocenters. The van der Waals surface area contributed by atoms with Crippen LogP contribution in [0.15, 0.2) is 28.5 Å². The standard InChI is InChI=1S/C15H16FNO2S2/c1-15(2,3)14-17-10(8-21-14)7-20-12-6-9(13(18)19)4-5-11(12)16/h4-6,8H,7H2,1-3H3,(H,18,19). The highest BCUT2D eigenvalue weighted by Crippen LogP contribution is 2.30. The van der Waals surface area contributed by atoms with E-state index in [-0.39, 0.29) is 11.0 Å². The van der Waals surface area contributed by atoms with Crippen LogP contribution in [0.5, 0.6) is 0 Å². The fourth-order valence-corrected chi connectivity index (χ4v) is 3.50. The normalized spacial score (nSPS) is 11.6. The summed E-state index contributed by atoms with van der Waals surface area (Å²) in [6.07, 6.45) is 0. The van der Waals surface area contributed by atoms with E-state index in [9.17, 15) is 9.18 Å². The van der Waals surface area contributed by atoms with Crippen molar-refractivity contribution in [1.29, 1.82) is 0 Å². The smallest absolute Gasteiger partial charge is 0.335 e. The summed E-state index contributed by atoms with van der Waals surface area (Å²) in [5.74, 6) is -0.941. The van der Waals surface area contributed by atoms with Gasteiger partial charge in [-0.2, -0.15) is 0 Å². The van der Waals surface area contributed by atoms with Gasteiger partial charge >= 0.3 is 5.97 Å². The number of rotatable bonds is 4. The van der Waals surface area contributed by atoms with Crippen molar-refractivity contribution in [2.75, 3.05) is 0 Å². The second kappa shape index (κ2) is 6.15.